The number of amides is 1. The minimum absolute atomic E-state index is 0.0808. The van der Waals surface area contributed by atoms with Gasteiger partial charge in [0, 0.05) is 16.9 Å². The van der Waals surface area contributed by atoms with E-state index in [1.165, 1.54) is 5.56 Å². The number of nitrogens with one attached hydrogen (secondary N) is 1. The molecule has 1 atom stereocenters. The summed E-state index contributed by atoms with van der Waals surface area (Å²) in [5.74, 6) is 0.0808. The Morgan fingerprint density at radius 1 is 0.852 bits per heavy atom. The zero-order valence-electron chi connectivity index (χ0n) is 15.2. The van der Waals surface area contributed by atoms with Gasteiger partial charge in [0.25, 0.3) is 0 Å². The third-order valence-corrected chi connectivity index (χ3v) is 6.44. The maximum absolute atomic E-state index is 13.1. The average molecular weight is 374 g/mol. The molecule has 0 heterocycles. The second kappa shape index (κ2) is 8.01. The van der Waals surface area contributed by atoms with Crippen LogP contribution in [0, 0.1) is 0 Å². The Balaban J connectivity index is 1.49. The van der Waals surface area contributed by atoms with Crippen molar-refractivity contribution in [2.75, 3.05) is 6.54 Å². The van der Waals surface area contributed by atoms with Crippen molar-refractivity contribution in [3.63, 3.8) is 0 Å². The van der Waals surface area contributed by atoms with Gasteiger partial charge in [-0.1, -0.05) is 78.9 Å². The monoisotopic (exact) mass is 373 g/mol. The zero-order valence-corrected chi connectivity index (χ0v) is 16.0. The topological polar surface area (TPSA) is 29.1 Å². The molecule has 0 bridgehead atoms. The highest BCUT2D eigenvalue weighted by molar-refractivity contribution is 8.00. The van der Waals surface area contributed by atoms with Gasteiger partial charge < -0.3 is 5.32 Å². The first-order valence-corrected chi connectivity index (χ1v) is 10.2. The van der Waals surface area contributed by atoms with Crippen LogP contribution in [0.1, 0.15) is 29.2 Å². The van der Waals surface area contributed by atoms with Crippen LogP contribution in [0.2, 0.25) is 0 Å². The summed E-state index contributed by atoms with van der Waals surface area (Å²) in [5.41, 5.74) is 2.49. The zero-order chi connectivity index (χ0) is 18.5. The highest BCUT2D eigenvalue weighted by Crippen LogP contribution is 2.47. The average Bonchev–Trinajstić information content (AvgIpc) is 3.54. The lowest BCUT2D eigenvalue weighted by atomic mass is 9.96. The predicted octanol–water partition coefficient (Wildman–Crippen LogP) is 5.37. The summed E-state index contributed by atoms with van der Waals surface area (Å²) < 4.78 is 0. The van der Waals surface area contributed by atoms with Crippen molar-refractivity contribution in [2.24, 2.45) is 0 Å². The van der Waals surface area contributed by atoms with Crippen LogP contribution < -0.4 is 5.32 Å². The highest BCUT2D eigenvalue weighted by Gasteiger charge is 2.44. The summed E-state index contributed by atoms with van der Waals surface area (Å²) in [6.45, 7) is 0.703. The Hall–Kier alpha value is -2.52. The number of carbonyl (C=O) groups excluding carboxylic acids is 1. The number of thioether (sulfide) groups is 1. The van der Waals surface area contributed by atoms with Crippen molar-refractivity contribution in [1.29, 1.82) is 0 Å². The lowest BCUT2D eigenvalue weighted by Crippen LogP contribution is -2.34. The van der Waals surface area contributed by atoms with E-state index in [4.69, 9.17) is 0 Å². The number of benzene rings is 3. The second-order valence-electron chi connectivity index (χ2n) is 7.09. The van der Waals surface area contributed by atoms with E-state index in [2.05, 4.69) is 41.7 Å². The lowest BCUT2D eigenvalue weighted by Gasteiger charge is -2.21. The Kier molecular flexibility index (Phi) is 5.30. The molecule has 3 aromatic carbocycles. The van der Waals surface area contributed by atoms with E-state index in [0.29, 0.717) is 6.54 Å². The van der Waals surface area contributed by atoms with Crippen molar-refractivity contribution in [3.05, 3.63) is 102 Å². The quantitative estimate of drug-likeness (QED) is 0.564. The SMILES string of the molecule is O=C(NCC1(c2ccccc2)CC1)C(Sc1ccccc1)c1ccccc1. The van der Waals surface area contributed by atoms with Gasteiger partial charge in [-0.15, -0.1) is 11.8 Å². The molecule has 0 spiro atoms. The Morgan fingerprint density at radius 2 is 1.41 bits per heavy atom. The standard InChI is InChI=1S/C24H23NOS/c26-23(25-18-24(16-17-24)20-12-6-2-7-13-20)22(19-10-4-1-5-11-19)27-21-14-8-3-9-15-21/h1-15,22H,16-18H2,(H,25,26). The van der Waals surface area contributed by atoms with E-state index in [0.717, 1.165) is 23.3 Å². The van der Waals surface area contributed by atoms with Gasteiger partial charge in [-0.2, -0.15) is 0 Å². The molecule has 0 radical (unpaired) electrons. The molecule has 1 N–H and O–H groups in total. The molecule has 3 aromatic rings. The van der Waals surface area contributed by atoms with Crippen LogP contribution in [0.4, 0.5) is 0 Å². The van der Waals surface area contributed by atoms with Gasteiger partial charge in [0.15, 0.2) is 0 Å². The number of rotatable bonds is 7. The van der Waals surface area contributed by atoms with Crippen LogP contribution >= 0.6 is 11.8 Å². The summed E-state index contributed by atoms with van der Waals surface area (Å²) in [5, 5.41) is 2.99. The molecular formula is C24H23NOS. The van der Waals surface area contributed by atoms with Crippen LogP contribution in [0.25, 0.3) is 0 Å². The second-order valence-corrected chi connectivity index (χ2v) is 8.26. The number of hydrogen-bond donors (Lipinski definition) is 1. The molecule has 0 saturated heterocycles. The van der Waals surface area contributed by atoms with Crippen molar-refractivity contribution >= 4 is 17.7 Å². The summed E-state index contributed by atoms with van der Waals surface area (Å²) >= 11 is 1.60. The Labute approximate surface area is 165 Å². The largest absolute Gasteiger partial charge is 0.354 e. The molecule has 27 heavy (non-hydrogen) atoms. The van der Waals surface area contributed by atoms with E-state index < -0.39 is 0 Å². The van der Waals surface area contributed by atoms with E-state index in [-0.39, 0.29) is 16.6 Å². The third-order valence-electron chi connectivity index (χ3n) is 5.18. The van der Waals surface area contributed by atoms with E-state index >= 15 is 0 Å². The van der Waals surface area contributed by atoms with Crippen molar-refractivity contribution in [2.45, 2.75) is 28.4 Å². The summed E-state index contributed by atoms with van der Waals surface area (Å²) in [7, 11) is 0. The van der Waals surface area contributed by atoms with Crippen molar-refractivity contribution in [1.82, 2.24) is 5.32 Å². The Bertz CT molecular complexity index is 876. The summed E-state index contributed by atoms with van der Waals surface area (Å²) in [6.07, 6.45) is 2.28. The molecule has 0 aliphatic heterocycles. The van der Waals surface area contributed by atoms with Crippen LogP contribution in [0.3, 0.4) is 0 Å². The molecule has 0 aromatic heterocycles. The molecule has 1 aliphatic carbocycles. The van der Waals surface area contributed by atoms with Gasteiger partial charge in [0.1, 0.15) is 5.25 Å². The lowest BCUT2D eigenvalue weighted by molar-refractivity contribution is -0.120. The van der Waals surface area contributed by atoms with Gasteiger partial charge >= 0.3 is 0 Å². The molecule has 3 heteroatoms. The highest BCUT2D eigenvalue weighted by atomic mass is 32.2. The first kappa shape index (κ1) is 17.9. The predicted molar refractivity (Wildman–Crippen MR) is 112 cm³/mol. The molecule has 136 valence electrons. The fourth-order valence-corrected chi connectivity index (χ4v) is 4.47. The molecule has 1 aliphatic rings. The van der Waals surface area contributed by atoms with Crippen LogP contribution in [0.5, 0.6) is 0 Å². The normalized spacial score (nSPS) is 15.7. The fraction of sp³-hybridized carbons (Fsp3) is 0.208. The molecule has 2 nitrogen and oxygen atoms in total. The van der Waals surface area contributed by atoms with E-state index in [9.17, 15) is 4.79 Å². The molecule has 1 amide bonds. The molecular weight excluding hydrogens is 350 g/mol. The fourth-order valence-electron chi connectivity index (χ4n) is 3.40. The van der Waals surface area contributed by atoms with Crippen LogP contribution in [-0.4, -0.2) is 12.5 Å². The van der Waals surface area contributed by atoms with Gasteiger partial charge in [0.05, 0.1) is 0 Å². The first-order chi connectivity index (χ1) is 13.3. The molecule has 1 saturated carbocycles. The van der Waals surface area contributed by atoms with Gasteiger partial charge in [-0.3, -0.25) is 4.79 Å². The number of hydrogen-bond acceptors (Lipinski definition) is 2. The van der Waals surface area contributed by atoms with Crippen LogP contribution in [0.15, 0.2) is 95.9 Å². The van der Waals surface area contributed by atoms with Gasteiger partial charge in [0.2, 0.25) is 5.91 Å². The molecule has 1 unspecified atom stereocenters. The summed E-state index contributed by atoms with van der Waals surface area (Å²) in [4.78, 5) is 14.2. The molecule has 1 fully saturated rings. The van der Waals surface area contributed by atoms with Gasteiger partial charge in [-0.25, -0.2) is 0 Å². The van der Waals surface area contributed by atoms with E-state index in [1.54, 1.807) is 11.8 Å². The summed E-state index contributed by atoms with van der Waals surface area (Å²) in [6, 6.07) is 30.7. The van der Waals surface area contributed by atoms with E-state index in [1.807, 2.05) is 54.6 Å². The maximum Gasteiger partial charge on any atom is 0.238 e. The first-order valence-electron chi connectivity index (χ1n) is 9.37. The van der Waals surface area contributed by atoms with Crippen molar-refractivity contribution in [3.8, 4) is 0 Å². The van der Waals surface area contributed by atoms with Crippen LogP contribution in [-0.2, 0) is 10.2 Å². The molecule has 4 rings (SSSR count). The van der Waals surface area contributed by atoms with Gasteiger partial charge in [-0.05, 0) is 36.1 Å². The maximum atomic E-state index is 13.1. The number of carbonyl (C=O) groups is 1. The Morgan fingerprint density at radius 3 is 2.00 bits per heavy atom. The smallest absolute Gasteiger partial charge is 0.238 e. The van der Waals surface area contributed by atoms with Crippen molar-refractivity contribution < 1.29 is 4.79 Å². The third kappa shape index (κ3) is 4.25. The minimum atomic E-state index is -0.250. The minimum Gasteiger partial charge on any atom is -0.354 e.